The SMILES string of the molecule is Brc1ccc(Nc2nc3ccccc3c3nc(C4CCCCC4)[nH]c23)cc1. The Labute approximate surface area is 166 Å². The van der Waals surface area contributed by atoms with Gasteiger partial charge in [-0.15, -0.1) is 0 Å². The van der Waals surface area contributed by atoms with E-state index in [1.54, 1.807) is 0 Å². The lowest BCUT2D eigenvalue weighted by Crippen LogP contribution is -2.06. The van der Waals surface area contributed by atoms with E-state index in [4.69, 9.17) is 9.97 Å². The summed E-state index contributed by atoms with van der Waals surface area (Å²) in [6.07, 6.45) is 6.38. The van der Waals surface area contributed by atoms with Gasteiger partial charge in [-0.25, -0.2) is 9.97 Å². The summed E-state index contributed by atoms with van der Waals surface area (Å²) in [5.74, 6) is 2.48. The van der Waals surface area contributed by atoms with Crippen molar-refractivity contribution in [1.82, 2.24) is 15.0 Å². The Balaban J connectivity index is 1.65. The summed E-state index contributed by atoms with van der Waals surface area (Å²) >= 11 is 3.49. The van der Waals surface area contributed by atoms with Crippen molar-refractivity contribution in [3.63, 3.8) is 0 Å². The number of aromatic nitrogens is 3. The third-order valence-corrected chi connectivity index (χ3v) is 5.98. The summed E-state index contributed by atoms with van der Waals surface area (Å²) in [4.78, 5) is 13.5. The molecule has 0 atom stereocenters. The summed E-state index contributed by atoms with van der Waals surface area (Å²) in [7, 11) is 0. The number of aromatic amines is 1. The van der Waals surface area contributed by atoms with Crippen molar-refractivity contribution in [3.8, 4) is 0 Å². The van der Waals surface area contributed by atoms with E-state index < -0.39 is 0 Å². The number of hydrogen-bond donors (Lipinski definition) is 2. The van der Waals surface area contributed by atoms with Gasteiger partial charge in [0.25, 0.3) is 0 Å². The predicted octanol–water partition coefficient (Wildman–Crippen LogP) is 6.66. The molecule has 5 rings (SSSR count). The smallest absolute Gasteiger partial charge is 0.157 e. The molecule has 0 radical (unpaired) electrons. The molecule has 2 aromatic heterocycles. The van der Waals surface area contributed by atoms with E-state index >= 15 is 0 Å². The molecular weight excluding hydrogens is 400 g/mol. The van der Waals surface area contributed by atoms with Crippen LogP contribution in [0.25, 0.3) is 21.9 Å². The molecule has 136 valence electrons. The topological polar surface area (TPSA) is 53.6 Å². The van der Waals surface area contributed by atoms with Gasteiger partial charge in [-0.2, -0.15) is 0 Å². The number of pyridine rings is 1. The number of benzene rings is 2. The van der Waals surface area contributed by atoms with Crippen LogP contribution in [0.2, 0.25) is 0 Å². The molecule has 0 aliphatic heterocycles. The lowest BCUT2D eigenvalue weighted by molar-refractivity contribution is 0.431. The molecule has 1 aliphatic rings. The fourth-order valence-electron chi connectivity index (χ4n) is 4.04. The molecule has 5 heteroatoms. The van der Waals surface area contributed by atoms with Crippen molar-refractivity contribution in [1.29, 1.82) is 0 Å². The molecule has 0 bridgehead atoms. The Morgan fingerprint density at radius 1 is 0.926 bits per heavy atom. The minimum absolute atomic E-state index is 0.533. The molecule has 0 saturated heterocycles. The maximum atomic E-state index is 5.04. The van der Waals surface area contributed by atoms with E-state index in [0.717, 1.165) is 43.7 Å². The van der Waals surface area contributed by atoms with Gasteiger partial charge in [0.15, 0.2) is 5.82 Å². The van der Waals surface area contributed by atoms with Crippen LogP contribution < -0.4 is 5.32 Å². The quantitative estimate of drug-likeness (QED) is 0.389. The number of para-hydroxylation sites is 1. The second-order valence-corrected chi connectivity index (χ2v) is 8.21. The number of fused-ring (bicyclic) bond motifs is 3. The van der Waals surface area contributed by atoms with Crippen LogP contribution in [0.3, 0.4) is 0 Å². The van der Waals surface area contributed by atoms with Gasteiger partial charge >= 0.3 is 0 Å². The number of H-pyrrole nitrogens is 1. The standard InChI is InChI=1S/C22H21BrN4/c23-15-10-12-16(13-11-15)24-22-20-19(17-8-4-5-9-18(17)25-22)26-21(27-20)14-6-2-1-3-7-14/h4-5,8-14H,1-3,6-7H2,(H,24,25)(H,26,27). The van der Waals surface area contributed by atoms with Crippen molar-refractivity contribution in [2.45, 2.75) is 38.0 Å². The third-order valence-electron chi connectivity index (χ3n) is 5.45. The Hall–Kier alpha value is -2.40. The zero-order chi connectivity index (χ0) is 18.2. The first-order valence-electron chi connectivity index (χ1n) is 9.59. The second kappa shape index (κ2) is 6.97. The Bertz CT molecular complexity index is 1090. The summed E-state index contributed by atoms with van der Waals surface area (Å²) in [6, 6.07) is 16.4. The van der Waals surface area contributed by atoms with Gasteiger partial charge in [0.2, 0.25) is 0 Å². The van der Waals surface area contributed by atoms with Crippen LogP contribution in [0.4, 0.5) is 11.5 Å². The van der Waals surface area contributed by atoms with Crippen molar-refractivity contribution in [2.75, 3.05) is 5.32 Å². The monoisotopic (exact) mass is 420 g/mol. The van der Waals surface area contributed by atoms with E-state index in [-0.39, 0.29) is 0 Å². The van der Waals surface area contributed by atoms with Crippen LogP contribution in [0.15, 0.2) is 53.0 Å². The first-order chi connectivity index (χ1) is 13.3. The van der Waals surface area contributed by atoms with Gasteiger partial charge in [0.1, 0.15) is 16.9 Å². The molecule has 0 amide bonds. The average molecular weight is 421 g/mol. The molecule has 1 aliphatic carbocycles. The second-order valence-electron chi connectivity index (χ2n) is 7.29. The highest BCUT2D eigenvalue weighted by Crippen LogP contribution is 2.35. The van der Waals surface area contributed by atoms with E-state index in [1.807, 2.05) is 30.3 Å². The lowest BCUT2D eigenvalue weighted by Gasteiger charge is -2.19. The Morgan fingerprint density at radius 3 is 2.52 bits per heavy atom. The third kappa shape index (κ3) is 3.21. The molecule has 4 aromatic rings. The average Bonchev–Trinajstić information content (AvgIpc) is 3.17. The van der Waals surface area contributed by atoms with Gasteiger partial charge < -0.3 is 10.3 Å². The first kappa shape index (κ1) is 16.8. The largest absolute Gasteiger partial charge is 0.339 e. The number of anilines is 2. The molecule has 4 nitrogen and oxygen atoms in total. The predicted molar refractivity (Wildman–Crippen MR) is 115 cm³/mol. The van der Waals surface area contributed by atoms with Crippen LogP contribution in [0.5, 0.6) is 0 Å². The summed E-state index contributed by atoms with van der Waals surface area (Å²) < 4.78 is 1.06. The van der Waals surface area contributed by atoms with E-state index in [9.17, 15) is 0 Å². The molecule has 27 heavy (non-hydrogen) atoms. The lowest BCUT2D eigenvalue weighted by atomic mass is 9.89. The summed E-state index contributed by atoms with van der Waals surface area (Å²) in [6.45, 7) is 0. The van der Waals surface area contributed by atoms with E-state index in [1.165, 1.54) is 32.1 Å². The maximum Gasteiger partial charge on any atom is 0.157 e. The van der Waals surface area contributed by atoms with Crippen LogP contribution in [0.1, 0.15) is 43.8 Å². The maximum absolute atomic E-state index is 5.04. The summed E-state index contributed by atoms with van der Waals surface area (Å²) in [5.41, 5.74) is 3.99. The fourth-order valence-corrected chi connectivity index (χ4v) is 4.30. The first-order valence-corrected chi connectivity index (χ1v) is 10.4. The van der Waals surface area contributed by atoms with Crippen molar-refractivity contribution >= 4 is 49.4 Å². The molecule has 2 N–H and O–H groups in total. The van der Waals surface area contributed by atoms with E-state index in [0.29, 0.717) is 5.92 Å². The van der Waals surface area contributed by atoms with E-state index in [2.05, 4.69) is 44.4 Å². The highest BCUT2D eigenvalue weighted by atomic mass is 79.9. The molecule has 1 saturated carbocycles. The van der Waals surface area contributed by atoms with Gasteiger partial charge in [0, 0.05) is 21.5 Å². The number of hydrogen-bond acceptors (Lipinski definition) is 3. The van der Waals surface area contributed by atoms with Gasteiger partial charge in [-0.05, 0) is 43.2 Å². The van der Waals surface area contributed by atoms with Crippen LogP contribution in [0, 0.1) is 0 Å². The molecule has 0 spiro atoms. The minimum atomic E-state index is 0.533. The van der Waals surface area contributed by atoms with Gasteiger partial charge in [0.05, 0.1) is 5.52 Å². The highest BCUT2D eigenvalue weighted by Gasteiger charge is 2.21. The highest BCUT2D eigenvalue weighted by molar-refractivity contribution is 9.10. The number of nitrogens with one attached hydrogen (secondary N) is 2. The molecule has 1 fully saturated rings. The molecule has 2 heterocycles. The Kier molecular flexibility index (Phi) is 4.32. The van der Waals surface area contributed by atoms with Crippen molar-refractivity contribution in [2.24, 2.45) is 0 Å². The number of nitrogens with zero attached hydrogens (tertiary/aromatic N) is 2. The number of halogens is 1. The van der Waals surface area contributed by atoms with Crippen molar-refractivity contribution in [3.05, 3.63) is 58.8 Å². The van der Waals surface area contributed by atoms with Gasteiger partial charge in [-0.3, -0.25) is 0 Å². The zero-order valence-corrected chi connectivity index (χ0v) is 16.6. The minimum Gasteiger partial charge on any atom is -0.339 e. The van der Waals surface area contributed by atoms with Crippen molar-refractivity contribution < 1.29 is 0 Å². The molecular formula is C22H21BrN4. The summed E-state index contributed by atoms with van der Waals surface area (Å²) in [5, 5.41) is 4.58. The van der Waals surface area contributed by atoms with Crippen LogP contribution >= 0.6 is 15.9 Å². The molecule has 0 unspecified atom stereocenters. The Morgan fingerprint density at radius 2 is 1.70 bits per heavy atom. The fraction of sp³-hybridized carbons (Fsp3) is 0.273. The number of rotatable bonds is 3. The van der Waals surface area contributed by atoms with Crippen LogP contribution in [-0.2, 0) is 0 Å². The normalized spacial score (nSPS) is 15.4. The molecule has 2 aromatic carbocycles. The van der Waals surface area contributed by atoms with Gasteiger partial charge in [-0.1, -0.05) is 53.4 Å². The number of imidazole rings is 1. The van der Waals surface area contributed by atoms with Crippen LogP contribution in [-0.4, -0.2) is 15.0 Å². The zero-order valence-electron chi connectivity index (χ0n) is 15.0.